The summed E-state index contributed by atoms with van der Waals surface area (Å²) in [5.41, 5.74) is 0.878. The Morgan fingerprint density at radius 3 is 2.55 bits per heavy atom. The maximum Gasteiger partial charge on any atom is 0.325 e. The van der Waals surface area contributed by atoms with Crippen LogP contribution in [0.25, 0.3) is 11.3 Å². The van der Waals surface area contributed by atoms with Crippen molar-refractivity contribution in [2.45, 2.75) is 13.5 Å². The normalized spacial score (nSPS) is 10.2. The van der Waals surface area contributed by atoms with Gasteiger partial charge >= 0.3 is 5.97 Å². The Morgan fingerprint density at radius 1 is 1.25 bits per heavy atom. The van der Waals surface area contributed by atoms with E-state index in [0.29, 0.717) is 12.3 Å². The maximum absolute atomic E-state index is 11.5. The van der Waals surface area contributed by atoms with Crippen LogP contribution in [0.5, 0.6) is 5.75 Å². The van der Waals surface area contributed by atoms with Gasteiger partial charge in [-0.15, -0.1) is 0 Å². The molecule has 1 aromatic heterocycles. The minimum absolute atomic E-state index is 0.443. The van der Waals surface area contributed by atoms with Gasteiger partial charge in [-0.25, -0.2) is 4.68 Å². The molecule has 2 aromatic rings. The van der Waals surface area contributed by atoms with E-state index < -0.39 is 18.1 Å². The van der Waals surface area contributed by atoms with E-state index in [-0.39, 0.29) is 0 Å². The molecule has 6 nitrogen and oxygen atoms in total. The van der Waals surface area contributed by atoms with Crippen molar-refractivity contribution in [2.75, 3.05) is 6.61 Å². The van der Waals surface area contributed by atoms with Crippen molar-refractivity contribution in [1.29, 1.82) is 0 Å². The first-order valence-corrected chi connectivity index (χ1v) is 6.13. The van der Waals surface area contributed by atoms with Gasteiger partial charge < -0.3 is 9.84 Å². The van der Waals surface area contributed by atoms with Crippen LogP contribution in [0.4, 0.5) is 0 Å². The van der Waals surface area contributed by atoms with Crippen molar-refractivity contribution in [2.24, 2.45) is 0 Å². The van der Waals surface area contributed by atoms with Gasteiger partial charge in [-0.2, -0.15) is 5.10 Å². The molecule has 0 aliphatic carbocycles. The molecule has 2 rings (SSSR count). The summed E-state index contributed by atoms with van der Waals surface area (Å²) < 4.78 is 6.26. The fraction of sp³-hybridized carbons (Fsp3) is 0.214. The highest BCUT2D eigenvalue weighted by atomic mass is 16.5. The van der Waals surface area contributed by atoms with Gasteiger partial charge in [0, 0.05) is 11.6 Å². The Bertz CT molecular complexity index is 662. The van der Waals surface area contributed by atoms with Gasteiger partial charge in [-0.05, 0) is 37.3 Å². The molecule has 1 N–H and O–H groups in total. The summed E-state index contributed by atoms with van der Waals surface area (Å²) in [5.74, 6) is -0.362. The standard InChI is InChI=1S/C14H14N2O4/c1-2-20-11-5-3-10(4-6-11)12-7-8-13(17)16(15-12)9-14(18)19/h3-8H,2,9H2,1H3,(H,18,19). The predicted octanol–water partition coefficient (Wildman–Crippen LogP) is 1.39. The van der Waals surface area contributed by atoms with Gasteiger partial charge in [0.25, 0.3) is 5.56 Å². The number of benzene rings is 1. The zero-order chi connectivity index (χ0) is 14.5. The number of carbonyl (C=O) groups is 1. The quantitative estimate of drug-likeness (QED) is 0.891. The molecule has 0 radical (unpaired) electrons. The summed E-state index contributed by atoms with van der Waals surface area (Å²) in [5, 5.41) is 12.8. The lowest BCUT2D eigenvalue weighted by molar-refractivity contribution is -0.138. The highest BCUT2D eigenvalue weighted by molar-refractivity contribution is 5.66. The van der Waals surface area contributed by atoms with Crippen LogP contribution >= 0.6 is 0 Å². The average Bonchev–Trinajstić information content (AvgIpc) is 2.42. The number of nitrogens with zero attached hydrogens (tertiary/aromatic N) is 2. The lowest BCUT2D eigenvalue weighted by Gasteiger charge is -2.06. The second-order valence-corrected chi connectivity index (χ2v) is 4.07. The third-order valence-corrected chi connectivity index (χ3v) is 2.61. The molecule has 1 heterocycles. The summed E-state index contributed by atoms with van der Waals surface area (Å²) in [4.78, 5) is 22.2. The minimum Gasteiger partial charge on any atom is -0.494 e. The van der Waals surface area contributed by atoms with Crippen LogP contribution in [0.3, 0.4) is 0 Å². The molecule has 0 spiro atoms. The molecular formula is C14H14N2O4. The van der Waals surface area contributed by atoms with E-state index in [4.69, 9.17) is 9.84 Å². The Kier molecular flexibility index (Phi) is 4.14. The monoisotopic (exact) mass is 274 g/mol. The van der Waals surface area contributed by atoms with Gasteiger partial charge in [-0.3, -0.25) is 9.59 Å². The van der Waals surface area contributed by atoms with E-state index in [2.05, 4.69) is 5.10 Å². The average molecular weight is 274 g/mol. The van der Waals surface area contributed by atoms with Gasteiger partial charge in [0.1, 0.15) is 12.3 Å². The molecule has 0 saturated carbocycles. The van der Waals surface area contributed by atoms with Gasteiger partial charge in [0.2, 0.25) is 0 Å². The Morgan fingerprint density at radius 2 is 1.95 bits per heavy atom. The predicted molar refractivity (Wildman–Crippen MR) is 72.7 cm³/mol. The molecule has 6 heteroatoms. The van der Waals surface area contributed by atoms with Gasteiger partial charge in [0.05, 0.1) is 12.3 Å². The summed E-state index contributed by atoms with van der Waals surface area (Å²) in [6, 6.07) is 10.1. The molecule has 0 amide bonds. The summed E-state index contributed by atoms with van der Waals surface area (Å²) >= 11 is 0. The lowest BCUT2D eigenvalue weighted by atomic mass is 10.1. The van der Waals surface area contributed by atoms with Crippen LogP contribution in [0.1, 0.15) is 6.92 Å². The van der Waals surface area contributed by atoms with Gasteiger partial charge in [-0.1, -0.05) is 0 Å². The van der Waals surface area contributed by atoms with Crippen molar-refractivity contribution in [3.63, 3.8) is 0 Å². The summed E-state index contributed by atoms with van der Waals surface area (Å²) in [6.07, 6.45) is 0. The van der Waals surface area contributed by atoms with Crippen molar-refractivity contribution in [3.05, 3.63) is 46.8 Å². The zero-order valence-corrected chi connectivity index (χ0v) is 10.9. The maximum atomic E-state index is 11.5. The second-order valence-electron chi connectivity index (χ2n) is 4.07. The number of carboxylic acids is 1. The zero-order valence-electron chi connectivity index (χ0n) is 10.9. The van der Waals surface area contributed by atoms with E-state index in [1.54, 1.807) is 18.2 Å². The minimum atomic E-state index is -1.11. The molecule has 0 aliphatic heterocycles. The number of ether oxygens (including phenoxy) is 1. The second kappa shape index (κ2) is 6.01. The first-order valence-electron chi connectivity index (χ1n) is 6.13. The van der Waals surface area contributed by atoms with Crippen LogP contribution in [0, 0.1) is 0 Å². The molecule has 0 unspecified atom stereocenters. The Hall–Kier alpha value is -2.63. The largest absolute Gasteiger partial charge is 0.494 e. The fourth-order valence-electron chi connectivity index (χ4n) is 1.73. The summed E-state index contributed by atoms with van der Waals surface area (Å²) in [7, 11) is 0. The fourth-order valence-corrected chi connectivity index (χ4v) is 1.73. The van der Waals surface area contributed by atoms with E-state index in [1.807, 2.05) is 19.1 Å². The molecule has 0 fully saturated rings. The molecule has 104 valence electrons. The van der Waals surface area contributed by atoms with Crippen molar-refractivity contribution in [1.82, 2.24) is 9.78 Å². The van der Waals surface area contributed by atoms with Gasteiger partial charge in [0.15, 0.2) is 0 Å². The highest BCUT2D eigenvalue weighted by Crippen LogP contribution is 2.19. The Labute approximate surface area is 115 Å². The first-order chi connectivity index (χ1) is 9.60. The Balaban J connectivity index is 2.32. The summed E-state index contributed by atoms with van der Waals surface area (Å²) in [6.45, 7) is 2.03. The molecule has 20 heavy (non-hydrogen) atoms. The number of hydrogen-bond donors (Lipinski definition) is 1. The van der Waals surface area contributed by atoms with Crippen LogP contribution < -0.4 is 10.3 Å². The number of hydrogen-bond acceptors (Lipinski definition) is 4. The van der Waals surface area contributed by atoms with Crippen LogP contribution in [0.2, 0.25) is 0 Å². The third kappa shape index (κ3) is 3.23. The van der Waals surface area contributed by atoms with E-state index in [0.717, 1.165) is 16.0 Å². The van der Waals surface area contributed by atoms with Crippen molar-refractivity contribution in [3.8, 4) is 17.0 Å². The van der Waals surface area contributed by atoms with E-state index in [9.17, 15) is 9.59 Å². The number of rotatable bonds is 5. The third-order valence-electron chi connectivity index (χ3n) is 2.61. The molecule has 0 aliphatic rings. The molecule has 0 bridgehead atoms. The highest BCUT2D eigenvalue weighted by Gasteiger charge is 2.06. The number of aliphatic carboxylic acids is 1. The van der Waals surface area contributed by atoms with Crippen molar-refractivity contribution >= 4 is 5.97 Å². The smallest absolute Gasteiger partial charge is 0.325 e. The van der Waals surface area contributed by atoms with Crippen LogP contribution in [0.15, 0.2) is 41.2 Å². The molecule has 0 saturated heterocycles. The SMILES string of the molecule is CCOc1ccc(-c2ccc(=O)n(CC(=O)O)n2)cc1. The lowest BCUT2D eigenvalue weighted by Crippen LogP contribution is -2.25. The first kappa shape index (κ1) is 13.8. The number of carboxylic acid groups (broad SMARTS) is 1. The molecule has 0 atom stereocenters. The van der Waals surface area contributed by atoms with Crippen LogP contribution in [-0.2, 0) is 11.3 Å². The molecular weight excluding hydrogens is 260 g/mol. The van der Waals surface area contributed by atoms with Crippen molar-refractivity contribution < 1.29 is 14.6 Å². The van der Waals surface area contributed by atoms with Crippen LogP contribution in [-0.4, -0.2) is 27.5 Å². The topological polar surface area (TPSA) is 81.4 Å². The van der Waals surface area contributed by atoms with E-state index in [1.165, 1.54) is 6.07 Å². The van der Waals surface area contributed by atoms with E-state index >= 15 is 0 Å². The molecule has 1 aromatic carbocycles. The number of aromatic nitrogens is 2.